The average Bonchev–Trinajstić information content (AvgIpc) is 3.10. The lowest BCUT2D eigenvalue weighted by molar-refractivity contribution is -0.123. The fourth-order valence-corrected chi connectivity index (χ4v) is 7.07. The molecule has 0 bridgehead atoms. The van der Waals surface area contributed by atoms with E-state index < -0.39 is 12.1 Å². The first kappa shape index (κ1) is 48.1. The van der Waals surface area contributed by atoms with E-state index >= 15 is 0 Å². The highest BCUT2D eigenvalue weighted by Crippen LogP contribution is 2.17. The Morgan fingerprint density at radius 1 is 0.469 bits per heavy atom. The zero-order valence-electron chi connectivity index (χ0n) is 33.5. The van der Waals surface area contributed by atoms with Crippen LogP contribution in [0.5, 0.6) is 0 Å². The largest absolute Gasteiger partial charge is 0.394 e. The molecule has 0 saturated heterocycles. The van der Waals surface area contributed by atoms with Gasteiger partial charge in [0.05, 0.1) is 18.8 Å². The van der Waals surface area contributed by atoms with Gasteiger partial charge >= 0.3 is 0 Å². The van der Waals surface area contributed by atoms with Crippen molar-refractivity contribution in [2.45, 2.75) is 264 Å². The minimum atomic E-state index is -0.658. The van der Waals surface area contributed by atoms with E-state index in [1.54, 1.807) is 0 Å². The van der Waals surface area contributed by atoms with Crippen molar-refractivity contribution < 1.29 is 15.0 Å². The summed E-state index contributed by atoms with van der Waals surface area (Å²) in [6, 6.07) is -0.536. The summed E-state index contributed by atoms with van der Waals surface area (Å²) in [6.07, 6.45) is 51.7. The number of nitrogens with one attached hydrogen (secondary N) is 1. The summed E-state index contributed by atoms with van der Waals surface area (Å²) in [6.45, 7) is 4.31. The Bertz CT molecular complexity index is 666. The molecule has 0 aliphatic heterocycles. The summed E-state index contributed by atoms with van der Waals surface area (Å²) in [5, 5.41) is 23.1. The van der Waals surface area contributed by atoms with Gasteiger partial charge in [-0.1, -0.05) is 225 Å². The second kappa shape index (κ2) is 41.5. The molecule has 0 aromatic carbocycles. The quantitative estimate of drug-likeness (QED) is 0.0441. The minimum Gasteiger partial charge on any atom is -0.394 e. The molecule has 0 rings (SSSR count). The number of aliphatic hydroxyl groups is 2. The van der Waals surface area contributed by atoms with Crippen molar-refractivity contribution in [1.82, 2.24) is 5.32 Å². The van der Waals surface area contributed by atoms with Gasteiger partial charge in [0.25, 0.3) is 0 Å². The average molecular weight is 692 g/mol. The van der Waals surface area contributed by atoms with Crippen LogP contribution in [0.1, 0.15) is 251 Å². The molecule has 0 fully saturated rings. The van der Waals surface area contributed by atoms with Crippen molar-refractivity contribution in [3.8, 4) is 0 Å². The molecule has 1 amide bonds. The molecule has 292 valence electrons. The van der Waals surface area contributed by atoms with Crippen molar-refractivity contribution in [2.24, 2.45) is 0 Å². The number of carbonyl (C=O) groups is 1. The molecule has 2 atom stereocenters. The molecule has 0 aromatic rings. The second-order valence-electron chi connectivity index (χ2n) is 15.5. The fourth-order valence-electron chi connectivity index (χ4n) is 7.07. The maximum absolute atomic E-state index is 12.3. The SMILES string of the molecule is CCC/C=C\CCCCCCCC(=O)NC(CO)C(O)CCCCCCCCCCCCCCCCCCCCCCCCCCCCC. The van der Waals surface area contributed by atoms with Crippen molar-refractivity contribution in [1.29, 1.82) is 0 Å². The number of allylic oxidation sites excluding steroid dienone is 2. The van der Waals surface area contributed by atoms with Crippen molar-refractivity contribution in [3.63, 3.8) is 0 Å². The highest BCUT2D eigenvalue weighted by Gasteiger charge is 2.20. The van der Waals surface area contributed by atoms with Crippen LogP contribution in [0.4, 0.5) is 0 Å². The first-order valence-corrected chi connectivity index (χ1v) is 22.4. The Labute approximate surface area is 307 Å². The Kier molecular flexibility index (Phi) is 40.8. The normalized spacial score (nSPS) is 13.0. The van der Waals surface area contributed by atoms with Gasteiger partial charge < -0.3 is 15.5 Å². The summed E-state index contributed by atoms with van der Waals surface area (Å²) in [4.78, 5) is 12.3. The molecule has 49 heavy (non-hydrogen) atoms. The molecule has 0 aliphatic carbocycles. The lowest BCUT2D eigenvalue weighted by atomic mass is 10.0. The molecular weight excluding hydrogens is 602 g/mol. The molecule has 2 unspecified atom stereocenters. The van der Waals surface area contributed by atoms with E-state index in [0.717, 1.165) is 32.1 Å². The van der Waals surface area contributed by atoms with E-state index in [1.165, 1.54) is 193 Å². The summed E-state index contributed by atoms with van der Waals surface area (Å²) in [5.41, 5.74) is 0. The molecule has 0 heterocycles. The number of amides is 1. The predicted octanol–water partition coefficient (Wildman–Crippen LogP) is 13.9. The molecule has 0 saturated carbocycles. The second-order valence-corrected chi connectivity index (χ2v) is 15.5. The standard InChI is InChI=1S/C45H89NO3/c1-3-5-7-9-11-13-15-16-17-18-19-20-21-22-23-24-25-26-27-28-29-30-31-32-34-36-38-40-44(48)43(42-47)46-45(49)41-39-37-35-33-14-12-10-8-6-4-2/h8,10,43-44,47-48H,3-7,9,11-42H2,1-2H3,(H,46,49)/b10-8-. The zero-order valence-corrected chi connectivity index (χ0v) is 33.5. The van der Waals surface area contributed by atoms with E-state index in [-0.39, 0.29) is 12.5 Å². The topological polar surface area (TPSA) is 69.6 Å². The Morgan fingerprint density at radius 2 is 0.816 bits per heavy atom. The molecule has 0 radical (unpaired) electrons. The maximum Gasteiger partial charge on any atom is 0.220 e. The third kappa shape index (κ3) is 38.2. The van der Waals surface area contributed by atoms with Crippen LogP contribution in [0, 0.1) is 0 Å². The van der Waals surface area contributed by atoms with Crippen LogP contribution in [-0.4, -0.2) is 34.9 Å². The van der Waals surface area contributed by atoms with Crippen molar-refractivity contribution in [2.75, 3.05) is 6.61 Å². The van der Waals surface area contributed by atoms with E-state index in [1.807, 2.05) is 0 Å². The van der Waals surface area contributed by atoms with Crippen LogP contribution in [-0.2, 0) is 4.79 Å². The van der Waals surface area contributed by atoms with E-state index in [4.69, 9.17) is 0 Å². The van der Waals surface area contributed by atoms with Gasteiger partial charge in [-0.3, -0.25) is 4.79 Å². The van der Waals surface area contributed by atoms with Gasteiger partial charge in [-0.05, 0) is 32.1 Å². The molecule has 4 nitrogen and oxygen atoms in total. The van der Waals surface area contributed by atoms with Crippen molar-refractivity contribution in [3.05, 3.63) is 12.2 Å². The predicted molar refractivity (Wildman–Crippen MR) is 216 cm³/mol. The molecule has 0 spiro atoms. The molecule has 4 heteroatoms. The lowest BCUT2D eigenvalue weighted by Gasteiger charge is -2.22. The summed E-state index contributed by atoms with van der Waals surface area (Å²) in [7, 11) is 0. The monoisotopic (exact) mass is 692 g/mol. The van der Waals surface area contributed by atoms with Gasteiger partial charge in [0.1, 0.15) is 0 Å². The minimum absolute atomic E-state index is 0.0409. The molecule has 0 aliphatic rings. The fraction of sp³-hybridized carbons (Fsp3) is 0.933. The van der Waals surface area contributed by atoms with Gasteiger partial charge in [0, 0.05) is 6.42 Å². The highest BCUT2D eigenvalue weighted by molar-refractivity contribution is 5.76. The van der Waals surface area contributed by atoms with Crippen molar-refractivity contribution >= 4 is 5.91 Å². The van der Waals surface area contributed by atoms with Crippen LogP contribution in [0.15, 0.2) is 12.2 Å². The molecular formula is C45H89NO3. The third-order valence-electron chi connectivity index (χ3n) is 10.5. The zero-order chi connectivity index (χ0) is 35.7. The van der Waals surface area contributed by atoms with Crippen LogP contribution in [0.2, 0.25) is 0 Å². The summed E-state index contributed by atoms with van der Waals surface area (Å²) in [5.74, 6) is -0.0409. The maximum atomic E-state index is 12.3. The number of carbonyl (C=O) groups excluding carboxylic acids is 1. The lowest BCUT2D eigenvalue weighted by Crippen LogP contribution is -2.45. The number of hydrogen-bond acceptors (Lipinski definition) is 3. The summed E-state index contributed by atoms with van der Waals surface area (Å²) < 4.78 is 0. The Balaban J connectivity index is 3.39. The number of aliphatic hydroxyl groups excluding tert-OH is 2. The van der Waals surface area contributed by atoms with Gasteiger partial charge in [-0.25, -0.2) is 0 Å². The number of hydrogen-bond donors (Lipinski definition) is 3. The number of unbranched alkanes of at least 4 members (excludes halogenated alkanes) is 32. The smallest absolute Gasteiger partial charge is 0.220 e. The van der Waals surface area contributed by atoms with Crippen LogP contribution >= 0.6 is 0 Å². The van der Waals surface area contributed by atoms with Crippen LogP contribution in [0.25, 0.3) is 0 Å². The Morgan fingerprint density at radius 3 is 1.20 bits per heavy atom. The van der Waals surface area contributed by atoms with Crippen LogP contribution in [0.3, 0.4) is 0 Å². The third-order valence-corrected chi connectivity index (χ3v) is 10.5. The summed E-state index contributed by atoms with van der Waals surface area (Å²) >= 11 is 0. The molecule has 3 N–H and O–H groups in total. The van der Waals surface area contributed by atoms with Gasteiger partial charge in [-0.2, -0.15) is 0 Å². The van der Waals surface area contributed by atoms with E-state index in [2.05, 4.69) is 31.3 Å². The van der Waals surface area contributed by atoms with Gasteiger partial charge in [-0.15, -0.1) is 0 Å². The van der Waals surface area contributed by atoms with E-state index in [9.17, 15) is 15.0 Å². The Hall–Kier alpha value is -0.870. The first-order chi connectivity index (χ1) is 24.2. The highest BCUT2D eigenvalue weighted by atomic mass is 16.3. The molecule has 0 aromatic heterocycles. The van der Waals surface area contributed by atoms with Gasteiger partial charge in [0.15, 0.2) is 0 Å². The van der Waals surface area contributed by atoms with Crippen LogP contribution < -0.4 is 5.32 Å². The van der Waals surface area contributed by atoms with Gasteiger partial charge in [0.2, 0.25) is 5.91 Å². The first-order valence-electron chi connectivity index (χ1n) is 22.4. The number of rotatable bonds is 41. The van der Waals surface area contributed by atoms with E-state index in [0.29, 0.717) is 12.8 Å².